The van der Waals surface area contributed by atoms with Gasteiger partial charge < -0.3 is 10.1 Å². The molecule has 1 atom stereocenters. The lowest BCUT2D eigenvalue weighted by Gasteiger charge is -2.17. The Hall–Kier alpha value is 0.1000. The summed E-state index contributed by atoms with van der Waals surface area (Å²) < 4.78 is 6.83. The van der Waals surface area contributed by atoms with Crippen LogP contribution in [0.4, 0.5) is 0 Å². The maximum absolute atomic E-state index is 5.61. The molecule has 1 unspecified atom stereocenters. The largest absolute Gasteiger partial charge is 0.380 e. The van der Waals surface area contributed by atoms with Gasteiger partial charge in [0, 0.05) is 28.4 Å². The van der Waals surface area contributed by atoms with Crippen molar-refractivity contribution in [1.82, 2.24) is 5.32 Å². The molecule has 1 rings (SSSR count). The van der Waals surface area contributed by atoms with E-state index in [1.807, 2.05) is 0 Å². The van der Waals surface area contributed by atoms with Crippen LogP contribution in [0.5, 0.6) is 0 Å². The summed E-state index contributed by atoms with van der Waals surface area (Å²) in [5, 5.41) is 5.59. The summed E-state index contributed by atoms with van der Waals surface area (Å²) in [5.41, 5.74) is 0. The molecular formula is C12H20BrNOS. The molecule has 1 heterocycles. The summed E-state index contributed by atoms with van der Waals surface area (Å²) in [6, 6.07) is 2.53. The van der Waals surface area contributed by atoms with E-state index in [-0.39, 0.29) is 0 Å². The molecule has 0 aliphatic heterocycles. The molecule has 0 saturated heterocycles. The van der Waals surface area contributed by atoms with Crippen molar-refractivity contribution in [2.75, 3.05) is 19.8 Å². The Labute approximate surface area is 111 Å². The topological polar surface area (TPSA) is 21.3 Å². The Morgan fingerprint density at radius 3 is 2.88 bits per heavy atom. The van der Waals surface area contributed by atoms with Crippen LogP contribution >= 0.6 is 27.3 Å². The van der Waals surface area contributed by atoms with Crippen molar-refractivity contribution in [3.8, 4) is 0 Å². The fourth-order valence-corrected chi connectivity index (χ4v) is 3.14. The molecule has 0 spiro atoms. The van der Waals surface area contributed by atoms with Gasteiger partial charge in [-0.05, 0) is 40.3 Å². The lowest BCUT2D eigenvalue weighted by atomic mass is 10.2. The summed E-state index contributed by atoms with van der Waals surface area (Å²) >= 11 is 5.37. The average molecular weight is 306 g/mol. The third-order valence-electron chi connectivity index (χ3n) is 2.28. The van der Waals surface area contributed by atoms with E-state index < -0.39 is 0 Å². The van der Waals surface area contributed by atoms with Gasteiger partial charge in [0.1, 0.15) is 0 Å². The molecule has 2 nitrogen and oxygen atoms in total. The minimum Gasteiger partial charge on any atom is -0.380 e. The number of hydrogen-bond donors (Lipinski definition) is 1. The third-order valence-corrected chi connectivity index (χ3v) is 4.23. The third kappa shape index (κ3) is 4.95. The molecule has 0 aliphatic rings. The number of thiophene rings is 1. The first-order valence-corrected chi connectivity index (χ1v) is 7.48. The summed E-state index contributed by atoms with van der Waals surface area (Å²) in [4.78, 5) is 1.39. The second kappa shape index (κ2) is 8.23. The van der Waals surface area contributed by atoms with Gasteiger partial charge in [-0.15, -0.1) is 11.3 Å². The highest BCUT2D eigenvalue weighted by Crippen LogP contribution is 2.24. The number of nitrogens with one attached hydrogen (secondary N) is 1. The predicted molar refractivity (Wildman–Crippen MR) is 74.3 cm³/mol. The van der Waals surface area contributed by atoms with Gasteiger partial charge in [-0.25, -0.2) is 0 Å². The van der Waals surface area contributed by atoms with Crippen LogP contribution in [0.1, 0.15) is 25.1 Å². The normalized spacial score (nSPS) is 12.9. The number of ether oxygens (including phenoxy) is 1. The minimum atomic E-state index is 0.423. The van der Waals surface area contributed by atoms with Crippen molar-refractivity contribution in [3.63, 3.8) is 0 Å². The van der Waals surface area contributed by atoms with Crippen LogP contribution < -0.4 is 5.32 Å². The maximum atomic E-state index is 5.61. The van der Waals surface area contributed by atoms with Crippen LogP contribution in [-0.4, -0.2) is 25.8 Å². The van der Waals surface area contributed by atoms with Crippen LogP contribution in [0.3, 0.4) is 0 Å². The van der Waals surface area contributed by atoms with Gasteiger partial charge in [-0.2, -0.15) is 0 Å². The van der Waals surface area contributed by atoms with Gasteiger partial charge in [-0.1, -0.05) is 13.8 Å². The number of rotatable bonds is 8. The van der Waals surface area contributed by atoms with Crippen molar-refractivity contribution in [3.05, 3.63) is 20.8 Å². The Morgan fingerprint density at radius 2 is 2.31 bits per heavy atom. The molecule has 0 aromatic carbocycles. The van der Waals surface area contributed by atoms with Gasteiger partial charge >= 0.3 is 0 Å². The average Bonchev–Trinajstić information content (AvgIpc) is 2.65. The van der Waals surface area contributed by atoms with E-state index in [1.165, 1.54) is 9.35 Å². The fourth-order valence-electron chi connectivity index (χ4n) is 1.54. The highest BCUT2D eigenvalue weighted by Gasteiger charge is 2.11. The highest BCUT2D eigenvalue weighted by molar-refractivity contribution is 9.10. The van der Waals surface area contributed by atoms with Gasteiger partial charge in [0.2, 0.25) is 0 Å². The lowest BCUT2D eigenvalue weighted by Crippen LogP contribution is -2.35. The van der Waals surface area contributed by atoms with Crippen molar-refractivity contribution in [2.45, 2.75) is 32.7 Å². The van der Waals surface area contributed by atoms with Gasteiger partial charge in [0.25, 0.3) is 0 Å². The van der Waals surface area contributed by atoms with Gasteiger partial charge in [0.05, 0.1) is 6.61 Å². The number of hydrogen-bond acceptors (Lipinski definition) is 3. The van der Waals surface area contributed by atoms with Gasteiger partial charge in [-0.3, -0.25) is 0 Å². The van der Waals surface area contributed by atoms with Crippen LogP contribution in [0.2, 0.25) is 0 Å². The fraction of sp³-hybridized carbons (Fsp3) is 0.667. The maximum Gasteiger partial charge on any atom is 0.0623 e. The zero-order chi connectivity index (χ0) is 11.8. The molecule has 1 aromatic heterocycles. The Kier molecular flexibility index (Phi) is 7.28. The van der Waals surface area contributed by atoms with E-state index in [0.717, 1.165) is 32.6 Å². The SMILES string of the molecule is CCCOCC(Cc1sccc1Br)NCC. The van der Waals surface area contributed by atoms with Crippen LogP contribution in [0, 0.1) is 0 Å². The molecule has 4 heteroatoms. The molecule has 0 aliphatic carbocycles. The molecule has 1 N–H and O–H groups in total. The van der Waals surface area contributed by atoms with E-state index in [9.17, 15) is 0 Å². The first kappa shape index (κ1) is 14.2. The van der Waals surface area contributed by atoms with Crippen molar-refractivity contribution in [2.24, 2.45) is 0 Å². The summed E-state index contributed by atoms with van der Waals surface area (Å²) in [6.07, 6.45) is 2.12. The Bertz CT molecular complexity index is 290. The summed E-state index contributed by atoms with van der Waals surface area (Å²) in [6.45, 7) is 6.91. The molecule has 0 radical (unpaired) electrons. The summed E-state index contributed by atoms with van der Waals surface area (Å²) in [5.74, 6) is 0. The molecule has 0 saturated carbocycles. The number of halogens is 1. The molecule has 92 valence electrons. The smallest absolute Gasteiger partial charge is 0.0623 e. The molecule has 0 bridgehead atoms. The monoisotopic (exact) mass is 305 g/mol. The molecule has 0 fully saturated rings. The quantitative estimate of drug-likeness (QED) is 0.743. The lowest BCUT2D eigenvalue weighted by molar-refractivity contribution is 0.112. The second-order valence-electron chi connectivity index (χ2n) is 3.73. The van der Waals surface area contributed by atoms with Crippen LogP contribution in [0.15, 0.2) is 15.9 Å². The standard InChI is InChI=1S/C12H20BrNOS/c1-3-6-15-9-10(14-4-2)8-12-11(13)5-7-16-12/h5,7,10,14H,3-4,6,8-9H2,1-2H3. The predicted octanol–water partition coefficient (Wildman–Crippen LogP) is 3.46. The number of likely N-dealkylation sites (N-methyl/N-ethyl adjacent to an activating group) is 1. The van der Waals surface area contributed by atoms with E-state index in [1.54, 1.807) is 11.3 Å². The Balaban J connectivity index is 2.41. The molecular weight excluding hydrogens is 286 g/mol. The van der Waals surface area contributed by atoms with E-state index in [0.29, 0.717) is 6.04 Å². The van der Waals surface area contributed by atoms with Crippen molar-refractivity contribution < 1.29 is 4.74 Å². The highest BCUT2D eigenvalue weighted by atomic mass is 79.9. The first-order valence-electron chi connectivity index (χ1n) is 5.80. The molecule has 0 amide bonds. The summed E-state index contributed by atoms with van der Waals surface area (Å²) in [7, 11) is 0. The Morgan fingerprint density at radius 1 is 1.50 bits per heavy atom. The van der Waals surface area contributed by atoms with E-state index in [4.69, 9.17) is 4.74 Å². The minimum absolute atomic E-state index is 0.423. The van der Waals surface area contributed by atoms with Crippen molar-refractivity contribution in [1.29, 1.82) is 0 Å². The molecule has 1 aromatic rings. The molecule has 16 heavy (non-hydrogen) atoms. The first-order chi connectivity index (χ1) is 7.77. The van der Waals surface area contributed by atoms with E-state index >= 15 is 0 Å². The van der Waals surface area contributed by atoms with Crippen LogP contribution in [-0.2, 0) is 11.2 Å². The zero-order valence-electron chi connectivity index (χ0n) is 9.96. The van der Waals surface area contributed by atoms with E-state index in [2.05, 4.69) is 46.5 Å². The zero-order valence-corrected chi connectivity index (χ0v) is 12.4. The van der Waals surface area contributed by atoms with Crippen molar-refractivity contribution >= 4 is 27.3 Å². The second-order valence-corrected chi connectivity index (χ2v) is 5.58. The van der Waals surface area contributed by atoms with Crippen LogP contribution in [0.25, 0.3) is 0 Å². The van der Waals surface area contributed by atoms with Gasteiger partial charge in [0.15, 0.2) is 0 Å².